The van der Waals surface area contributed by atoms with Gasteiger partial charge in [-0.2, -0.15) is 0 Å². The van der Waals surface area contributed by atoms with Crippen molar-refractivity contribution >= 4 is 36.7 Å². The normalized spacial score (nSPS) is 4.75. The lowest BCUT2D eigenvalue weighted by Gasteiger charge is -1.85. The van der Waals surface area contributed by atoms with Crippen LogP contribution in [0.1, 0.15) is 26.0 Å². The largest absolute Gasteiger partial charge is 0.269 e. The molecule has 0 nitrogen and oxygen atoms in total. The number of terminal acetylenes is 1. The molecule has 0 amide bonds. The molecule has 0 aliphatic carbocycles. The highest BCUT2D eigenvalue weighted by atomic mass is 20.0. The molecule has 7 radical (unpaired) electrons. The van der Waals surface area contributed by atoms with Gasteiger partial charge in [0, 0.05) is 66.6 Å². The summed E-state index contributed by atoms with van der Waals surface area (Å²) in [5, 5.41) is 0. The summed E-state index contributed by atoms with van der Waals surface area (Å²) in [6.45, 7) is 1.71. The molecule has 16 heavy (non-hydrogen) atoms. The zero-order valence-corrected chi connectivity index (χ0v) is 7.88. The van der Waals surface area contributed by atoms with Crippen molar-refractivity contribution < 1.29 is 34.6 Å². The summed E-state index contributed by atoms with van der Waals surface area (Å²) in [5.41, 5.74) is 0. The number of hydrogen-bond acceptors (Lipinski definition) is 0. The first-order valence-corrected chi connectivity index (χ1v) is 2.91. The smallest absolute Gasteiger partial charge is 0 e. The van der Waals surface area contributed by atoms with E-state index in [1.807, 2.05) is 0 Å². The predicted octanol–water partition coefficient (Wildman–Crippen LogP) is 2.68. The van der Waals surface area contributed by atoms with E-state index in [-0.39, 0.29) is 17.8 Å². The van der Waals surface area contributed by atoms with Crippen LogP contribution < -0.4 is 0 Å². The van der Waals surface area contributed by atoms with Crippen molar-refractivity contribution in [1.82, 2.24) is 0 Å². The average Bonchev–Trinajstić information content (AvgIpc) is 2.49. The first-order chi connectivity index (χ1) is 8.68. The van der Waals surface area contributed by atoms with E-state index in [4.69, 9.17) is 53.9 Å². The van der Waals surface area contributed by atoms with E-state index in [0.717, 1.165) is 0 Å². The van der Waals surface area contributed by atoms with Gasteiger partial charge in [-0.25, -0.2) is 0 Å². The van der Waals surface area contributed by atoms with Gasteiger partial charge in [0.15, 0.2) is 0 Å². The Bertz CT molecular complexity index is 183. The molecule has 0 aliphatic rings. The zero-order valence-electron chi connectivity index (χ0n) is 11.9. The Balaban J connectivity index is -0.00000000723. The van der Waals surface area contributed by atoms with Crippen LogP contribution in [0.25, 0.3) is 0 Å². The highest BCUT2D eigenvalue weighted by Gasteiger charge is 1.85. The van der Waals surface area contributed by atoms with Crippen LogP contribution in [0.3, 0.4) is 0 Å². The van der Waals surface area contributed by atoms with Crippen molar-refractivity contribution in [2.45, 2.75) is 14.4 Å². The maximum Gasteiger partial charge on any atom is 0 e. The Hall–Kier alpha value is -0.905. The van der Waals surface area contributed by atoms with Crippen molar-refractivity contribution in [1.29, 1.82) is 0 Å². The molecule has 0 aromatic rings. The van der Waals surface area contributed by atoms with Crippen LogP contribution in [0.5, 0.6) is 0 Å². The lowest BCUT2D eigenvalue weighted by atomic mass is 8.97. The minimum Gasteiger partial charge on any atom is -0.269 e. The zero-order chi connectivity index (χ0) is 16.4. The van der Waals surface area contributed by atoms with Crippen LogP contribution in [-0.2, 0) is 0 Å². The van der Waals surface area contributed by atoms with Crippen LogP contribution in [0.15, 0.2) is 0 Å². The minimum atomic E-state index is -0.463. The molecule has 0 aromatic heterocycles. The fourth-order valence-corrected chi connectivity index (χ4v) is 0.0722. The first kappa shape index (κ1) is 24.4. The van der Waals surface area contributed by atoms with Gasteiger partial charge in [0.2, 0.25) is 0 Å². The molecule has 0 spiro atoms. The minimum absolute atomic E-state index is 0. The summed E-state index contributed by atoms with van der Waals surface area (Å²) in [6.07, 6.45) is 4.25. The fourth-order valence-electron chi connectivity index (χ4n) is 0.0722. The molecule has 0 rings (SSSR count). The third-order valence-electron chi connectivity index (χ3n) is 0.419. The number of hydrogen-bond donors (Lipinski definition) is 0. The van der Waals surface area contributed by atoms with Crippen molar-refractivity contribution in [3.05, 3.63) is 0 Å². The molecule has 95 valence electrons. The van der Waals surface area contributed by atoms with Gasteiger partial charge in [-0.15, -0.1) is 6.42 Å². The third kappa shape index (κ3) is 200. The molecule has 0 aliphatic heterocycles. The first-order valence-electron chi connectivity index (χ1n) is 4.91. The summed E-state index contributed by atoms with van der Waals surface area (Å²) >= 11 is 0. The Morgan fingerprint density at radius 3 is 1.62 bits per heavy atom. The van der Waals surface area contributed by atoms with Crippen LogP contribution >= 0.6 is 0 Å². The van der Waals surface area contributed by atoms with Crippen molar-refractivity contribution in [2.24, 2.45) is 0 Å². The molecule has 0 saturated heterocycles. The summed E-state index contributed by atoms with van der Waals surface area (Å²) in [4.78, 5) is 0. The standard InChI is InChI=1S/C5H4.CH4.B5.2F2.FH.6H2/c1-3-5-4-2;;1-4-5(2)3;2*1-2;;;;;;;/h1H,2H3;1H4;;;;7*1H/i;;;;;;2*1+1D;1+1;;;. The van der Waals surface area contributed by atoms with Crippen LogP contribution in [0.4, 0.5) is 23.0 Å². The van der Waals surface area contributed by atoms with Gasteiger partial charge >= 0.3 is 0 Å². The molecular weight excluding hydrogens is 221 g/mol. The average molecular weight is 247 g/mol. The van der Waals surface area contributed by atoms with Gasteiger partial charge in [0.25, 0.3) is 0 Å². The van der Waals surface area contributed by atoms with Gasteiger partial charge in [0.05, 0.1) is 0 Å². The third-order valence-corrected chi connectivity index (χ3v) is 0.419. The quantitative estimate of drug-likeness (QED) is 0.380. The van der Waals surface area contributed by atoms with E-state index in [9.17, 15) is 0 Å². The monoisotopic (exact) mass is 248 g/mol. The fraction of sp³-hybridized carbons (Fsp3) is 0.333. The summed E-state index contributed by atoms with van der Waals surface area (Å²) in [7, 11) is 15.8. The SMILES string of the molecule is C.C#CC#CC.F.FF.FF.[2HH].[2H][2H].[2H][2H].[B][B]B([B])[B].[HH].[HH].[HH]. The van der Waals surface area contributed by atoms with E-state index in [2.05, 4.69) is 17.8 Å². The van der Waals surface area contributed by atoms with Gasteiger partial charge in [-0.05, 0) is 18.8 Å². The van der Waals surface area contributed by atoms with Crippen molar-refractivity contribution in [3.63, 3.8) is 0 Å². The second-order valence-corrected chi connectivity index (χ2v) is 1.29. The summed E-state index contributed by atoms with van der Waals surface area (Å²) < 4.78 is 52.0. The Morgan fingerprint density at radius 1 is 1.38 bits per heavy atom. The van der Waals surface area contributed by atoms with E-state index >= 15 is 0 Å². The molecule has 0 fully saturated rings. The highest BCUT2D eigenvalue weighted by molar-refractivity contribution is 7.60. The molecule has 0 atom stereocenters. The molecule has 10 heteroatoms. The molecule has 0 bridgehead atoms. The molecule has 0 heterocycles. The van der Waals surface area contributed by atoms with E-state index in [0.29, 0.717) is 0 Å². The second-order valence-electron chi connectivity index (χ2n) is 1.29. The topological polar surface area (TPSA) is 0 Å². The second kappa shape index (κ2) is 65.1. The molecular formula is C6H21B5F5. The maximum absolute atomic E-state index is 8.00. The summed E-state index contributed by atoms with van der Waals surface area (Å²) in [6, 6.07) is 0. The van der Waals surface area contributed by atoms with Crippen molar-refractivity contribution in [3.8, 4) is 24.2 Å². The molecule has 0 N–H and O–H groups in total. The molecule has 0 saturated carbocycles. The Morgan fingerprint density at radius 2 is 1.62 bits per heavy atom. The van der Waals surface area contributed by atoms with Crippen LogP contribution in [0, 0.1) is 24.2 Å². The molecule has 0 unspecified atom stereocenters. The number of halogens is 5. The number of rotatable bonds is 1. The van der Waals surface area contributed by atoms with Crippen LogP contribution in [0.2, 0.25) is 0 Å². The van der Waals surface area contributed by atoms with Gasteiger partial charge in [-0.1, -0.05) is 13.3 Å². The predicted molar refractivity (Wildman–Crippen MR) is 77.4 cm³/mol. The highest BCUT2D eigenvalue weighted by Crippen LogP contribution is 1.47. The van der Waals surface area contributed by atoms with Crippen molar-refractivity contribution in [2.75, 3.05) is 0 Å². The molecule has 0 aromatic carbocycles. The van der Waals surface area contributed by atoms with Gasteiger partial charge in [-0.3, -0.25) is 4.70 Å². The Labute approximate surface area is 111 Å². The van der Waals surface area contributed by atoms with E-state index in [1.165, 1.54) is 7.06 Å². The lowest BCUT2D eigenvalue weighted by Crippen LogP contribution is -2.23. The maximum atomic E-state index is 8.00. The van der Waals surface area contributed by atoms with Gasteiger partial charge < -0.3 is 0 Å². The van der Waals surface area contributed by atoms with E-state index in [1.54, 1.807) is 6.92 Å². The van der Waals surface area contributed by atoms with E-state index < -0.39 is 6.39 Å². The van der Waals surface area contributed by atoms with Crippen LogP contribution in [-0.4, -0.2) is 36.7 Å². The Kier molecular flexibility index (Phi) is 99.1. The van der Waals surface area contributed by atoms with Gasteiger partial charge in [0.1, 0.15) is 0 Å². The lowest BCUT2D eigenvalue weighted by molar-refractivity contribution is 0.108. The summed E-state index contributed by atoms with van der Waals surface area (Å²) in [5.74, 6) is 7.08.